The second-order valence-electron chi connectivity index (χ2n) is 3.59. The number of nitrogens with two attached hydrogens (primary N) is 1. The molecule has 3 nitrogen and oxygen atoms in total. The van der Waals surface area contributed by atoms with Crippen molar-refractivity contribution in [2.45, 2.75) is 32.9 Å². The van der Waals surface area contributed by atoms with Crippen LogP contribution in [0.4, 0.5) is 0 Å². The van der Waals surface area contributed by atoms with Gasteiger partial charge < -0.3 is 5.73 Å². The lowest BCUT2D eigenvalue weighted by Gasteiger charge is -2.21. The number of aryl methyl sites for hydroxylation is 1. The molecule has 0 aliphatic heterocycles. The van der Waals surface area contributed by atoms with Crippen LogP contribution >= 0.6 is 11.3 Å². The fourth-order valence-corrected chi connectivity index (χ4v) is 1.91. The van der Waals surface area contributed by atoms with Crippen LogP contribution in [-0.2, 0) is 13.0 Å². The SMILES string of the molecule is CCc1nc(CN(C)C(C)CN)cs1. The molecule has 1 unspecified atom stereocenters. The second-order valence-corrected chi connectivity index (χ2v) is 4.53. The molecule has 0 radical (unpaired) electrons. The summed E-state index contributed by atoms with van der Waals surface area (Å²) in [6.07, 6.45) is 1.03. The van der Waals surface area contributed by atoms with E-state index in [0.29, 0.717) is 12.6 Å². The van der Waals surface area contributed by atoms with Gasteiger partial charge in [-0.05, 0) is 20.4 Å². The Morgan fingerprint density at radius 3 is 2.86 bits per heavy atom. The average Bonchev–Trinajstić information content (AvgIpc) is 2.64. The van der Waals surface area contributed by atoms with Gasteiger partial charge in [-0.3, -0.25) is 4.90 Å². The van der Waals surface area contributed by atoms with Gasteiger partial charge in [0, 0.05) is 24.5 Å². The quantitative estimate of drug-likeness (QED) is 0.805. The summed E-state index contributed by atoms with van der Waals surface area (Å²) in [5.74, 6) is 0. The van der Waals surface area contributed by atoms with Crippen molar-refractivity contribution in [1.29, 1.82) is 0 Å². The van der Waals surface area contributed by atoms with Gasteiger partial charge in [0.15, 0.2) is 0 Å². The molecule has 0 amide bonds. The number of hydrogen-bond acceptors (Lipinski definition) is 4. The number of thiazole rings is 1. The van der Waals surface area contributed by atoms with Gasteiger partial charge in [-0.15, -0.1) is 11.3 Å². The summed E-state index contributed by atoms with van der Waals surface area (Å²) < 4.78 is 0. The zero-order valence-electron chi connectivity index (χ0n) is 9.16. The predicted molar refractivity (Wildman–Crippen MR) is 61.5 cm³/mol. The van der Waals surface area contributed by atoms with E-state index in [1.807, 2.05) is 0 Å². The summed E-state index contributed by atoms with van der Waals surface area (Å²) in [4.78, 5) is 6.75. The Hall–Kier alpha value is -0.450. The molecular weight excluding hydrogens is 194 g/mol. The maximum absolute atomic E-state index is 5.60. The average molecular weight is 213 g/mol. The lowest BCUT2D eigenvalue weighted by Crippen LogP contribution is -2.34. The molecular formula is C10H19N3S. The fraction of sp³-hybridized carbons (Fsp3) is 0.700. The van der Waals surface area contributed by atoms with Crippen LogP contribution in [-0.4, -0.2) is 29.5 Å². The molecule has 1 aromatic heterocycles. The maximum Gasteiger partial charge on any atom is 0.0926 e. The molecule has 0 spiro atoms. The van der Waals surface area contributed by atoms with E-state index >= 15 is 0 Å². The van der Waals surface area contributed by atoms with Crippen molar-refractivity contribution < 1.29 is 0 Å². The highest BCUT2D eigenvalue weighted by Crippen LogP contribution is 2.12. The Balaban J connectivity index is 2.51. The molecule has 4 heteroatoms. The summed E-state index contributed by atoms with van der Waals surface area (Å²) in [6.45, 7) is 5.86. The number of hydrogen-bond donors (Lipinski definition) is 1. The molecule has 0 aliphatic rings. The van der Waals surface area contributed by atoms with Gasteiger partial charge in [0.1, 0.15) is 0 Å². The number of aromatic nitrogens is 1. The molecule has 1 heterocycles. The third kappa shape index (κ3) is 3.04. The van der Waals surface area contributed by atoms with E-state index in [0.717, 1.165) is 18.7 Å². The largest absolute Gasteiger partial charge is 0.329 e. The van der Waals surface area contributed by atoms with Gasteiger partial charge in [-0.2, -0.15) is 0 Å². The zero-order valence-corrected chi connectivity index (χ0v) is 9.97. The number of nitrogens with zero attached hydrogens (tertiary/aromatic N) is 2. The van der Waals surface area contributed by atoms with Gasteiger partial charge in [0.2, 0.25) is 0 Å². The third-order valence-corrected chi connectivity index (χ3v) is 3.45. The fourth-order valence-electron chi connectivity index (χ4n) is 1.18. The normalized spacial score (nSPS) is 13.5. The van der Waals surface area contributed by atoms with Gasteiger partial charge in [0.25, 0.3) is 0 Å². The molecule has 0 saturated heterocycles. The van der Waals surface area contributed by atoms with E-state index < -0.39 is 0 Å². The highest BCUT2D eigenvalue weighted by molar-refractivity contribution is 7.09. The van der Waals surface area contributed by atoms with Crippen LogP contribution in [0.3, 0.4) is 0 Å². The van der Waals surface area contributed by atoms with Crippen LogP contribution < -0.4 is 5.73 Å². The van der Waals surface area contributed by atoms with Crippen LogP contribution in [0.2, 0.25) is 0 Å². The molecule has 80 valence electrons. The van der Waals surface area contributed by atoms with E-state index in [1.54, 1.807) is 11.3 Å². The Morgan fingerprint density at radius 2 is 2.36 bits per heavy atom. The van der Waals surface area contributed by atoms with Crippen molar-refractivity contribution >= 4 is 11.3 Å². The Kier molecular flexibility index (Phi) is 4.51. The minimum absolute atomic E-state index is 0.418. The first-order chi connectivity index (χ1) is 6.67. The van der Waals surface area contributed by atoms with E-state index in [9.17, 15) is 0 Å². The first-order valence-electron chi connectivity index (χ1n) is 5.01. The summed E-state index contributed by atoms with van der Waals surface area (Å²) >= 11 is 1.74. The van der Waals surface area contributed by atoms with Crippen molar-refractivity contribution in [2.24, 2.45) is 5.73 Å². The molecule has 0 bridgehead atoms. The van der Waals surface area contributed by atoms with E-state index in [4.69, 9.17) is 5.73 Å². The zero-order chi connectivity index (χ0) is 10.6. The van der Waals surface area contributed by atoms with Gasteiger partial charge >= 0.3 is 0 Å². The molecule has 0 aromatic carbocycles. The van der Waals surface area contributed by atoms with Crippen molar-refractivity contribution in [1.82, 2.24) is 9.88 Å². The van der Waals surface area contributed by atoms with E-state index in [2.05, 4.69) is 36.2 Å². The number of rotatable bonds is 5. The number of likely N-dealkylation sites (N-methyl/N-ethyl adjacent to an activating group) is 1. The summed E-state index contributed by atoms with van der Waals surface area (Å²) in [6, 6.07) is 0.418. The molecule has 1 atom stereocenters. The van der Waals surface area contributed by atoms with Crippen molar-refractivity contribution in [3.63, 3.8) is 0 Å². The maximum atomic E-state index is 5.60. The standard InChI is InChI=1S/C10H19N3S/c1-4-10-12-9(7-14-10)6-13(3)8(2)5-11/h7-8H,4-6,11H2,1-3H3. The van der Waals surface area contributed by atoms with Crippen molar-refractivity contribution in [3.05, 3.63) is 16.1 Å². The molecule has 0 saturated carbocycles. The van der Waals surface area contributed by atoms with Crippen LogP contribution in [0.15, 0.2) is 5.38 Å². The monoisotopic (exact) mass is 213 g/mol. The topological polar surface area (TPSA) is 42.2 Å². The van der Waals surface area contributed by atoms with Crippen LogP contribution in [0, 0.1) is 0 Å². The Labute approximate surface area is 89.9 Å². The van der Waals surface area contributed by atoms with Crippen LogP contribution in [0.5, 0.6) is 0 Å². The lowest BCUT2D eigenvalue weighted by atomic mass is 10.3. The molecule has 1 rings (SSSR count). The molecule has 0 aliphatic carbocycles. The Bertz CT molecular complexity index is 272. The van der Waals surface area contributed by atoms with Crippen molar-refractivity contribution in [2.75, 3.05) is 13.6 Å². The third-order valence-electron chi connectivity index (χ3n) is 2.41. The summed E-state index contributed by atoms with van der Waals surface area (Å²) in [5, 5.41) is 3.35. The summed E-state index contributed by atoms with van der Waals surface area (Å²) in [5.41, 5.74) is 6.76. The first kappa shape index (κ1) is 11.6. The smallest absolute Gasteiger partial charge is 0.0926 e. The van der Waals surface area contributed by atoms with E-state index in [-0.39, 0.29) is 0 Å². The van der Waals surface area contributed by atoms with Crippen LogP contribution in [0.1, 0.15) is 24.5 Å². The summed E-state index contributed by atoms with van der Waals surface area (Å²) in [7, 11) is 2.09. The lowest BCUT2D eigenvalue weighted by molar-refractivity contribution is 0.252. The highest BCUT2D eigenvalue weighted by Gasteiger charge is 2.09. The highest BCUT2D eigenvalue weighted by atomic mass is 32.1. The first-order valence-corrected chi connectivity index (χ1v) is 5.89. The van der Waals surface area contributed by atoms with Gasteiger partial charge in [-0.25, -0.2) is 4.98 Å². The predicted octanol–water partition coefficient (Wildman–Crippen LogP) is 1.48. The molecule has 1 aromatic rings. The molecule has 0 fully saturated rings. The second kappa shape index (κ2) is 5.44. The molecule has 2 N–H and O–H groups in total. The minimum atomic E-state index is 0.418. The van der Waals surface area contributed by atoms with Crippen LogP contribution in [0.25, 0.3) is 0 Å². The van der Waals surface area contributed by atoms with Gasteiger partial charge in [0.05, 0.1) is 10.7 Å². The Morgan fingerprint density at radius 1 is 1.64 bits per heavy atom. The molecule has 14 heavy (non-hydrogen) atoms. The minimum Gasteiger partial charge on any atom is -0.329 e. The van der Waals surface area contributed by atoms with Gasteiger partial charge in [-0.1, -0.05) is 6.92 Å². The van der Waals surface area contributed by atoms with E-state index in [1.165, 1.54) is 5.01 Å². The van der Waals surface area contributed by atoms with Crippen molar-refractivity contribution in [3.8, 4) is 0 Å².